The zero-order valence-corrected chi connectivity index (χ0v) is 14.5. The van der Waals surface area contributed by atoms with Crippen molar-refractivity contribution in [2.45, 2.75) is 11.3 Å². The van der Waals surface area contributed by atoms with Gasteiger partial charge in [0.2, 0.25) is 0 Å². The standard InChI is InChI=1S/C17H15ClN2O3S/c1-24(23,16-7-5-15(18)6-8-16)20-17(22)14-10-13(11-19-12-14)4-2-3-9-21/h5-8,10-12,21H,3,9H2,1H3. The fourth-order valence-corrected chi connectivity index (χ4v) is 3.09. The van der Waals surface area contributed by atoms with Crippen molar-refractivity contribution >= 4 is 27.2 Å². The van der Waals surface area contributed by atoms with Crippen molar-refractivity contribution in [3.8, 4) is 11.8 Å². The molecule has 1 aromatic heterocycles. The Morgan fingerprint density at radius 2 is 2.04 bits per heavy atom. The van der Waals surface area contributed by atoms with Crippen molar-refractivity contribution < 1.29 is 14.1 Å². The second-order valence-corrected chi connectivity index (χ2v) is 7.59. The first-order chi connectivity index (χ1) is 11.4. The smallest absolute Gasteiger partial charge is 0.286 e. The molecule has 1 atom stereocenters. The quantitative estimate of drug-likeness (QED) is 0.851. The molecule has 1 amide bonds. The fraction of sp³-hybridized carbons (Fsp3) is 0.176. The zero-order chi connectivity index (χ0) is 17.6. The molecule has 2 aromatic rings. The number of carbonyl (C=O) groups is 1. The van der Waals surface area contributed by atoms with Gasteiger partial charge in [0.1, 0.15) is 0 Å². The second kappa shape index (κ2) is 8.06. The van der Waals surface area contributed by atoms with Gasteiger partial charge in [-0.1, -0.05) is 23.4 Å². The summed E-state index contributed by atoms with van der Waals surface area (Å²) in [4.78, 5) is 16.6. The Balaban J connectivity index is 2.32. The highest BCUT2D eigenvalue weighted by atomic mass is 35.5. The van der Waals surface area contributed by atoms with Crippen LogP contribution in [0.2, 0.25) is 5.02 Å². The van der Waals surface area contributed by atoms with Gasteiger partial charge in [-0.3, -0.25) is 9.78 Å². The summed E-state index contributed by atoms with van der Waals surface area (Å²) in [5.41, 5.74) is 0.730. The minimum Gasteiger partial charge on any atom is -0.395 e. The number of amides is 1. The Labute approximate surface area is 145 Å². The number of aliphatic hydroxyl groups excluding tert-OH is 1. The molecule has 1 unspecified atom stereocenters. The van der Waals surface area contributed by atoms with Gasteiger partial charge in [-0.05, 0) is 30.3 Å². The number of carbonyl (C=O) groups excluding carboxylic acids is 1. The Kier molecular flexibility index (Phi) is 6.10. The zero-order valence-electron chi connectivity index (χ0n) is 12.9. The number of rotatable bonds is 3. The van der Waals surface area contributed by atoms with Crippen LogP contribution in [0.3, 0.4) is 0 Å². The van der Waals surface area contributed by atoms with Gasteiger partial charge in [0.15, 0.2) is 0 Å². The van der Waals surface area contributed by atoms with E-state index in [1.807, 2.05) is 0 Å². The molecular formula is C17H15ClN2O3S. The van der Waals surface area contributed by atoms with Crippen molar-refractivity contribution in [3.63, 3.8) is 0 Å². The van der Waals surface area contributed by atoms with Crippen molar-refractivity contribution in [3.05, 3.63) is 58.9 Å². The minimum atomic E-state index is -2.89. The first-order valence-corrected chi connectivity index (χ1v) is 9.29. The van der Waals surface area contributed by atoms with Crippen LogP contribution in [0.15, 0.2) is 52.0 Å². The van der Waals surface area contributed by atoms with E-state index in [1.165, 1.54) is 24.7 Å². The third kappa shape index (κ3) is 4.90. The molecule has 1 heterocycles. The predicted molar refractivity (Wildman–Crippen MR) is 93.4 cm³/mol. The molecule has 5 nitrogen and oxygen atoms in total. The summed E-state index contributed by atoms with van der Waals surface area (Å²) in [6.07, 6.45) is 4.58. The summed E-state index contributed by atoms with van der Waals surface area (Å²) < 4.78 is 16.5. The molecule has 0 saturated heterocycles. The Morgan fingerprint density at radius 1 is 1.33 bits per heavy atom. The van der Waals surface area contributed by atoms with Gasteiger partial charge < -0.3 is 5.11 Å². The lowest BCUT2D eigenvalue weighted by Gasteiger charge is -2.04. The molecule has 0 radical (unpaired) electrons. The third-order valence-electron chi connectivity index (χ3n) is 2.96. The van der Waals surface area contributed by atoms with Gasteiger partial charge >= 0.3 is 0 Å². The molecule has 0 aliphatic heterocycles. The number of pyridine rings is 1. The number of nitrogens with zero attached hydrogens (tertiary/aromatic N) is 2. The van der Waals surface area contributed by atoms with E-state index < -0.39 is 15.6 Å². The first kappa shape index (κ1) is 18.1. The topological polar surface area (TPSA) is 79.6 Å². The largest absolute Gasteiger partial charge is 0.395 e. The molecule has 1 aromatic carbocycles. The van der Waals surface area contributed by atoms with Crippen LogP contribution in [0, 0.1) is 11.8 Å². The summed E-state index contributed by atoms with van der Waals surface area (Å²) in [5, 5.41) is 9.23. The van der Waals surface area contributed by atoms with Crippen LogP contribution in [0.25, 0.3) is 0 Å². The SMILES string of the molecule is CS(=O)(=NC(=O)c1cncc(C#CCCO)c1)c1ccc(Cl)cc1. The Hall–Kier alpha value is -2.20. The van der Waals surface area contributed by atoms with Crippen molar-refractivity contribution in [2.24, 2.45) is 4.36 Å². The van der Waals surface area contributed by atoms with Gasteiger partial charge in [-0.2, -0.15) is 4.36 Å². The third-order valence-corrected chi connectivity index (χ3v) is 4.88. The Bertz CT molecular complexity index is 921. The average molecular weight is 363 g/mol. The van der Waals surface area contributed by atoms with E-state index in [4.69, 9.17) is 16.7 Å². The predicted octanol–water partition coefficient (Wildman–Crippen LogP) is 2.77. The molecule has 0 fully saturated rings. The number of hydrogen-bond acceptors (Lipinski definition) is 4. The van der Waals surface area contributed by atoms with E-state index in [2.05, 4.69) is 21.2 Å². The summed E-state index contributed by atoms with van der Waals surface area (Å²) >= 11 is 5.81. The van der Waals surface area contributed by atoms with Crippen LogP contribution < -0.4 is 0 Å². The van der Waals surface area contributed by atoms with Crippen LogP contribution >= 0.6 is 11.6 Å². The lowest BCUT2D eigenvalue weighted by Crippen LogP contribution is -2.04. The minimum absolute atomic E-state index is 0.0344. The molecule has 0 aliphatic rings. The van der Waals surface area contributed by atoms with Crippen molar-refractivity contribution in [1.82, 2.24) is 4.98 Å². The maximum absolute atomic E-state index is 12.7. The molecule has 24 heavy (non-hydrogen) atoms. The van der Waals surface area contributed by atoms with Crippen LogP contribution in [-0.2, 0) is 9.73 Å². The lowest BCUT2D eigenvalue weighted by molar-refractivity contribution is 0.100. The van der Waals surface area contributed by atoms with Crippen LogP contribution in [0.1, 0.15) is 22.3 Å². The molecule has 2 rings (SSSR count). The first-order valence-electron chi connectivity index (χ1n) is 6.99. The highest BCUT2D eigenvalue weighted by Crippen LogP contribution is 2.17. The highest BCUT2D eigenvalue weighted by molar-refractivity contribution is 7.93. The molecular weight excluding hydrogens is 348 g/mol. The summed E-state index contributed by atoms with van der Waals surface area (Å²) in [5.74, 6) is 4.91. The molecule has 0 saturated carbocycles. The molecule has 124 valence electrons. The van der Waals surface area contributed by atoms with E-state index in [1.54, 1.807) is 24.3 Å². The van der Waals surface area contributed by atoms with E-state index in [0.717, 1.165) is 0 Å². The van der Waals surface area contributed by atoms with Gasteiger partial charge in [-0.25, -0.2) is 4.21 Å². The number of hydrogen-bond donors (Lipinski definition) is 1. The number of halogens is 1. The molecule has 0 spiro atoms. The highest BCUT2D eigenvalue weighted by Gasteiger charge is 2.12. The van der Waals surface area contributed by atoms with Gasteiger partial charge in [0.05, 0.1) is 21.9 Å². The van der Waals surface area contributed by atoms with Crippen LogP contribution in [0.4, 0.5) is 0 Å². The molecule has 0 bridgehead atoms. The normalized spacial score (nSPS) is 12.6. The number of aromatic nitrogens is 1. The van der Waals surface area contributed by atoms with E-state index in [9.17, 15) is 9.00 Å². The molecule has 1 N–H and O–H groups in total. The number of benzene rings is 1. The van der Waals surface area contributed by atoms with Crippen molar-refractivity contribution in [2.75, 3.05) is 12.9 Å². The summed E-state index contributed by atoms with van der Waals surface area (Å²) in [6.45, 7) is -0.0344. The maximum Gasteiger partial charge on any atom is 0.286 e. The monoisotopic (exact) mass is 362 g/mol. The fourth-order valence-electron chi connectivity index (χ4n) is 1.80. The van der Waals surface area contributed by atoms with E-state index >= 15 is 0 Å². The average Bonchev–Trinajstić information content (AvgIpc) is 2.55. The Morgan fingerprint density at radius 3 is 2.71 bits per heavy atom. The summed E-state index contributed by atoms with van der Waals surface area (Å²) in [7, 11) is -2.89. The van der Waals surface area contributed by atoms with E-state index in [-0.39, 0.29) is 12.2 Å². The van der Waals surface area contributed by atoms with Crippen LogP contribution in [-0.4, -0.2) is 33.1 Å². The molecule has 7 heteroatoms. The number of aliphatic hydroxyl groups is 1. The summed E-state index contributed by atoms with van der Waals surface area (Å²) in [6, 6.07) is 7.88. The second-order valence-electron chi connectivity index (χ2n) is 4.89. The maximum atomic E-state index is 12.7. The van der Waals surface area contributed by atoms with Gasteiger partial charge in [0.25, 0.3) is 5.91 Å². The van der Waals surface area contributed by atoms with Crippen molar-refractivity contribution in [1.29, 1.82) is 0 Å². The lowest BCUT2D eigenvalue weighted by atomic mass is 10.2. The van der Waals surface area contributed by atoms with Gasteiger partial charge in [-0.15, -0.1) is 0 Å². The molecule has 0 aliphatic carbocycles. The van der Waals surface area contributed by atoms with Crippen LogP contribution in [0.5, 0.6) is 0 Å². The van der Waals surface area contributed by atoms with Gasteiger partial charge in [0, 0.05) is 40.6 Å². The van der Waals surface area contributed by atoms with E-state index in [0.29, 0.717) is 21.9 Å².